The van der Waals surface area contributed by atoms with E-state index in [4.69, 9.17) is 23.2 Å². The molecular formula is C19H19Cl2N3O2. The van der Waals surface area contributed by atoms with Gasteiger partial charge >= 0.3 is 6.03 Å². The Labute approximate surface area is 162 Å². The van der Waals surface area contributed by atoms with Crippen LogP contribution in [0.4, 0.5) is 16.2 Å². The van der Waals surface area contributed by atoms with Crippen LogP contribution in [0.3, 0.4) is 0 Å². The van der Waals surface area contributed by atoms with Crippen LogP contribution < -0.4 is 16.0 Å². The zero-order valence-corrected chi connectivity index (χ0v) is 15.5. The Bertz CT molecular complexity index is 805. The van der Waals surface area contributed by atoms with Gasteiger partial charge in [-0.15, -0.1) is 0 Å². The van der Waals surface area contributed by atoms with Gasteiger partial charge in [0.25, 0.3) is 0 Å². The Kier molecular flexibility index (Phi) is 6.01. The maximum Gasteiger partial charge on any atom is 0.319 e. The standard InChI is InChI=1S/C19H19Cl2N3O2/c20-16-3-1-2-12(18(16)21)4-11-17(25)22-13-5-7-14(8-6-13)23-19(26)24-15-9-10-15/h1-3,5-8,15H,4,9-11H2,(H,22,25)(H2,23,24,26). The summed E-state index contributed by atoms with van der Waals surface area (Å²) in [4.78, 5) is 23.8. The van der Waals surface area contributed by atoms with Crippen molar-refractivity contribution < 1.29 is 9.59 Å². The third kappa shape index (κ3) is 5.38. The van der Waals surface area contributed by atoms with Gasteiger partial charge in [0.1, 0.15) is 0 Å². The molecule has 0 saturated heterocycles. The third-order valence-corrected chi connectivity index (χ3v) is 4.85. The maximum atomic E-state index is 12.1. The number of urea groups is 1. The molecule has 3 rings (SSSR count). The average molecular weight is 392 g/mol. The van der Waals surface area contributed by atoms with Crippen molar-refractivity contribution in [1.82, 2.24) is 5.32 Å². The Hall–Kier alpha value is -2.24. The Morgan fingerprint density at radius 1 is 0.962 bits per heavy atom. The van der Waals surface area contributed by atoms with Crippen molar-refractivity contribution in [1.29, 1.82) is 0 Å². The second-order valence-corrected chi connectivity index (χ2v) is 7.00. The van der Waals surface area contributed by atoms with E-state index >= 15 is 0 Å². The number of carbonyl (C=O) groups excluding carboxylic acids is 2. The van der Waals surface area contributed by atoms with E-state index < -0.39 is 0 Å². The molecule has 1 aliphatic rings. The summed E-state index contributed by atoms with van der Waals surface area (Å²) >= 11 is 12.1. The van der Waals surface area contributed by atoms with E-state index in [1.54, 1.807) is 30.3 Å². The lowest BCUT2D eigenvalue weighted by Gasteiger charge is -2.09. The van der Waals surface area contributed by atoms with Gasteiger partial charge in [0.05, 0.1) is 10.0 Å². The first-order chi connectivity index (χ1) is 12.5. The highest BCUT2D eigenvalue weighted by Crippen LogP contribution is 2.26. The minimum Gasteiger partial charge on any atom is -0.335 e. The molecule has 0 unspecified atom stereocenters. The fourth-order valence-electron chi connectivity index (χ4n) is 2.43. The number of aryl methyl sites for hydroxylation is 1. The molecular weight excluding hydrogens is 373 g/mol. The van der Waals surface area contributed by atoms with Gasteiger partial charge < -0.3 is 16.0 Å². The van der Waals surface area contributed by atoms with Gasteiger partial charge in [-0.2, -0.15) is 0 Å². The molecule has 0 spiro atoms. The lowest BCUT2D eigenvalue weighted by Crippen LogP contribution is -2.30. The number of hydrogen-bond acceptors (Lipinski definition) is 2. The summed E-state index contributed by atoms with van der Waals surface area (Å²) < 4.78 is 0. The van der Waals surface area contributed by atoms with Crippen molar-refractivity contribution >= 4 is 46.5 Å². The Morgan fingerprint density at radius 3 is 2.27 bits per heavy atom. The minimum absolute atomic E-state index is 0.117. The van der Waals surface area contributed by atoms with Crippen LogP contribution in [0.25, 0.3) is 0 Å². The molecule has 0 radical (unpaired) electrons. The third-order valence-electron chi connectivity index (χ3n) is 3.99. The highest BCUT2D eigenvalue weighted by molar-refractivity contribution is 6.42. The first-order valence-corrected chi connectivity index (χ1v) is 9.17. The lowest BCUT2D eigenvalue weighted by molar-refractivity contribution is -0.116. The topological polar surface area (TPSA) is 70.2 Å². The molecule has 136 valence electrons. The second-order valence-electron chi connectivity index (χ2n) is 6.21. The highest BCUT2D eigenvalue weighted by Gasteiger charge is 2.23. The normalized spacial score (nSPS) is 13.2. The van der Waals surface area contributed by atoms with Crippen molar-refractivity contribution in [3.05, 3.63) is 58.1 Å². The van der Waals surface area contributed by atoms with E-state index in [2.05, 4.69) is 16.0 Å². The minimum atomic E-state index is -0.206. The quantitative estimate of drug-likeness (QED) is 0.658. The predicted octanol–water partition coefficient (Wildman–Crippen LogP) is 4.85. The zero-order chi connectivity index (χ0) is 18.5. The summed E-state index contributed by atoms with van der Waals surface area (Å²) in [5.74, 6) is -0.117. The molecule has 2 aromatic carbocycles. The maximum absolute atomic E-state index is 12.1. The largest absolute Gasteiger partial charge is 0.335 e. The van der Waals surface area contributed by atoms with Gasteiger partial charge in [0.2, 0.25) is 5.91 Å². The molecule has 0 aliphatic heterocycles. The van der Waals surface area contributed by atoms with Crippen LogP contribution in [0.1, 0.15) is 24.8 Å². The lowest BCUT2D eigenvalue weighted by atomic mass is 10.1. The summed E-state index contributed by atoms with van der Waals surface area (Å²) in [7, 11) is 0. The Balaban J connectivity index is 1.47. The first kappa shape index (κ1) is 18.5. The summed E-state index contributed by atoms with van der Waals surface area (Å²) in [5, 5.41) is 9.41. The molecule has 7 heteroatoms. The molecule has 5 nitrogen and oxygen atoms in total. The van der Waals surface area contributed by atoms with Crippen LogP contribution in [0, 0.1) is 0 Å². The summed E-state index contributed by atoms with van der Waals surface area (Å²) in [6, 6.07) is 12.5. The van der Waals surface area contributed by atoms with Crippen molar-refractivity contribution in [3.63, 3.8) is 0 Å². The van der Waals surface area contributed by atoms with Gasteiger partial charge in [-0.05, 0) is 55.2 Å². The summed E-state index contributed by atoms with van der Waals surface area (Å²) in [6.45, 7) is 0. The molecule has 0 atom stereocenters. The number of benzene rings is 2. The van der Waals surface area contributed by atoms with Gasteiger partial charge in [-0.3, -0.25) is 4.79 Å². The van der Waals surface area contributed by atoms with Crippen LogP contribution in [-0.2, 0) is 11.2 Å². The zero-order valence-electron chi connectivity index (χ0n) is 14.0. The van der Waals surface area contributed by atoms with E-state index in [0.717, 1.165) is 18.4 Å². The number of rotatable bonds is 6. The van der Waals surface area contributed by atoms with Crippen LogP contribution >= 0.6 is 23.2 Å². The van der Waals surface area contributed by atoms with E-state index in [0.29, 0.717) is 40.3 Å². The van der Waals surface area contributed by atoms with E-state index in [-0.39, 0.29) is 11.9 Å². The molecule has 26 heavy (non-hydrogen) atoms. The van der Waals surface area contributed by atoms with Crippen molar-refractivity contribution in [2.75, 3.05) is 10.6 Å². The van der Waals surface area contributed by atoms with Gasteiger partial charge in [-0.25, -0.2) is 4.79 Å². The molecule has 2 aromatic rings. The molecule has 0 heterocycles. The Morgan fingerprint density at radius 2 is 1.62 bits per heavy atom. The smallest absolute Gasteiger partial charge is 0.319 e. The van der Waals surface area contributed by atoms with Crippen LogP contribution in [0.15, 0.2) is 42.5 Å². The van der Waals surface area contributed by atoms with Crippen molar-refractivity contribution in [2.45, 2.75) is 31.7 Å². The molecule has 3 amide bonds. The predicted molar refractivity (Wildman–Crippen MR) is 105 cm³/mol. The number of anilines is 2. The molecule has 3 N–H and O–H groups in total. The van der Waals surface area contributed by atoms with Crippen molar-refractivity contribution in [2.24, 2.45) is 0 Å². The van der Waals surface area contributed by atoms with Crippen LogP contribution in [0.5, 0.6) is 0 Å². The van der Waals surface area contributed by atoms with Gasteiger partial charge in [0, 0.05) is 23.8 Å². The summed E-state index contributed by atoms with van der Waals surface area (Å²) in [6.07, 6.45) is 2.88. The van der Waals surface area contributed by atoms with E-state index in [9.17, 15) is 9.59 Å². The molecule has 0 bridgehead atoms. The van der Waals surface area contributed by atoms with Crippen LogP contribution in [-0.4, -0.2) is 18.0 Å². The van der Waals surface area contributed by atoms with Gasteiger partial charge in [0.15, 0.2) is 0 Å². The number of nitrogens with one attached hydrogen (secondary N) is 3. The molecule has 1 aliphatic carbocycles. The fourth-order valence-corrected chi connectivity index (χ4v) is 2.84. The fraction of sp³-hybridized carbons (Fsp3) is 0.263. The monoisotopic (exact) mass is 391 g/mol. The van der Waals surface area contributed by atoms with Crippen molar-refractivity contribution in [3.8, 4) is 0 Å². The van der Waals surface area contributed by atoms with E-state index in [1.807, 2.05) is 12.1 Å². The molecule has 1 saturated carbocycles. The average Bonchev–Trinajstić information content (AvgIpc) is 3.42. The highest BCUT2D eigenvalue weighted by atomic mass is 35.5. The number of hydrogen-bond donors (Lipinski definition) is 3. The number of halogens is 2. The summed E-state index contributed by atoms with van der Waals surface area (Å²) in [5.41, 5.74) is 2.18. The first-order valence-electron chi connectivity index (χ1n) is 8.41. The van der Waals surface area contributed by atoms with E-state index in [1.165, 1.54) is 0 Å². The van der Waals surface area contributed by atoms with Gasteiger partial charge in [-0.1, -0.05) is 35.3 Å². The van der Waals surface area contributed by atoms with Crippen LogP contribution in [0.2, 0.25) is 10.0 Å². The molecule has 1 fully saturated rings. The number of amides is 3. The second kappa shape index (κ2) is 8.43. The molecule has 0 aromatic heterocycles. The number of carbonyl (C=O) groups is 2. The SMILES string of the molecule is O=C(CCc1cccc(Cl)c1Cl)Nc1ccc(NC(=O)NC2CC2)cc1.